The van der Waals surface area contributed by atoms with Gasteiger partial charge in [-0.25, -0.2) is 9.37 Å². The van der Waals surface area contributed by atoms with Crippen molar-refractivity contribution >= 4 is 5.71 Å². The quantitative estimate of drug-likeness (QED) is 0.611. The van der Waals surface area contributed by atoms with Gasteiger partial charge in [0.25, 0.3) is 0 Å². The Bertz CT molecular complexity index is 998. The molecule has 0 bridgehead atoms. The van der Waals surface area contributed by atoms with Crippen molar-refractivity contribution in [1.82, 2.24) is 9.55 Å². The first-order valence-electron chi connectivity index (χ1n) is 9.35. The van der Waals surface area contributed by atoms with Crippen molar-refractivity contribution in [2.45, 2.75) is 32.4 Å². The van der Waals surface area contributed by atoms with Gasteiger partial charge in [0.05, 0.1) is 37.1 Å². The summed E-state index contributed by atoms with van der Waals surface area (Å²) in [5.74, 6) is 0.129. The number of hydrogen-bond acceptors (Lipinski definition) is 4. The monoisotopic (exact) mass is 379 g/mol. The summed E-state index contributed by atoms with van der Waals surface area (Å²) in [6.45, 7) is 2.67. The van der Waals surface area contributed by atoms with Crippen LogP contribution in [0.25, 0.3) is 22.5 Å². The summed E-state index contributed by atoms with van der Waals surface area (Å²) in [5, 5.41) is 4.15. The first-order valence-corrected chi connectivity index (χ1v) is 9.35. The first kappa shape index (κ1) is 18.2. The van der Waals surface area contributed by atoms with Gasteiger partial charge in [-0.1, -0.05) is 42.4 Å². The minimum Gasteiger partial charge on any atom is -0.496 e. The van der Waals surface area contributed by atoms with Crippen LogP contribution in [0.15, 0.2) is 60.0 Å². The Morgan fingerprint density at radius 2 is 2.04 bits per heavy atom. The predicted octanol–water partition coefficient (Wildman–Crippen LogP) is 4.92. The highest BCUT2D eigenvalue weighted by molar-refractivity contribution is 5.85. The SMILES string of the molecule is CCC1=NO[C@H](Cn2cnc(-c3ccccc3)c2-c2ccc(F)cc2OC)C1. The molecule has 144 valence electrons. The van der Waals surface area contributed by atoms with Crippen LogP contribution in [0.3, 0.4) is 0 Å². The van der Waals surface area contributed by atoms with Crippen LogP contribution < -0.4 is 4.74 Å². The van der Waals surface area contributed by atoms with Gasteiger partial charge < -0.3 is 14.1 Å². The summed E-state index contributed by atoms with van der Waals surface area (Å²) in [6, 6.07) is 14.5. The van der Waals surface area contributed by atoms with E-state index in [4.69, 9.17) is 9.57 Å². The Balaban J connectivity index is 1.79. The minimum absolute atomic E-state index is 0.0435. The van der Waals surface area contributed by atoms with E-state index in [0.717, 1.165) is 41.1 Å². The zero-order valence-corrected chi connectivity index (χ0v) is 15.9. The van der Waals surface area contributed by atoms with E-state index < -0.39 is 0 Å². The van der Waals surface area contributed by atoms with Crippen molar-refractivity contribution in [3.8, 4) is 28.3 Å². The smallest absolute Gasteiger partial charge is 0.150 e. The third-order valence-corrected chi connectivity index (χ3v) is 4.91. The van der Waals surface area contributed by atoms with Gasteiger partial charge in [0.1, 0.15) is 11.6 Å². The predicted molar refractivity (Wildman–Crippen MR) is 107 cm³/mol. The molecule has 0 amide bonds. The number of methoxy groups -OCH3 is 1. The van der Waals surface area contributed by atoms with Crippen LogP contribution in [-0.2, 0) is 11.4 Å². The van der Waals surface area contributed by atoms with Crippen molar-refractivity contribution in [3.63, 3.8) is 0 Å². The van der Waals surface area contributed by atoms with Crippen LogP contribution >= 0.6 is 0 Å². The normalized spacial score (nSPS) is 16.0. The van der Waals surface area contributed by atoms with E-state index in [0.29, 0.717) is 12.3 Å². The van der Waals surface area contributed by atoms with Crippen molar-refractivity contribution in [1.29, 1.82) is 0 Å². The molecule has 3 aromatic rings. The van der Waals surface area contributed by atoms with E-state index in [1.807, 2.05) is 34.9 Å². The fraction of sp³-hybridized carbons (Fsp3) is 0.273. The van der Waals surface area contributed by atoms with E-state index in [2.05, 4.69) is 17.1 Å². The molecule has 0 aliphatic carbocycles. The summed E-state index contributed by atoms with van der Waals surface area (Å²) in [5.41, 5.74) is 4.53. The summed E-state index contributed by atoms with van der Waals surface area (Å²) in [7, 11) is 1.54. The molecule has 1 aliphatic rings. The third kappa shape index (κ3) is 3.50. The van der Waals surface area contributed by atoms with Crippen LogP contribution in [0.2, 0.25) is 0 Å². The maximum absolute atomic E-state index is 13.8. The van der Waals surface area contributed by atoms with Crippen molar-refractivity contribution in [3.05, 3.63) is 60.7 Å². The van der Waals surface area contributed by atoms with Gasteiger partial charge in [-0.2, -0.15) is 0 Å². The van der Waals surface area contributed by atoms with E-state index in [1.165, 1.54) is 12.1 Å². The molecule has 0 saturated heterocycles. The number of imidazole rings is 1. The molecule has 1 aliphatic heterocycles. The fourth-order valence-corrected chi connectivity index (χ4v) is 3.48. The summed E-state index contributed by atoms with van der Waals surface area (Å²) >= 11 is 0. The molecule has 0 radical (unpaired) electrons. The van der Waals surface area contributed by atoms with Crippen LogP contribution in [0.1, 0.15) is 19.8 Å². The molecule has 0 spiro atoms. The molecule has 1 atom stereocenters. The van der Waals surface area contributed by atoms with Crippen LogP contribution in [0, 0.1) is 5.82 Å². The maximum Gasteiger partial charge on any atom is 0.150 e. The largest absolute Gasteiger partial charge is 0.496 e. The molecule has 6 heteroatoms. The second-order valence-electron chi connectivity index (χ2n) is 6.75. The molecule has 4 rings (SSSR count). The Hall–Kier alpha value is -3.15. The van der Waals surface area contributed by atoms with Gasteiger partial charge in [-0.15, -0.1) is 0 Å². The van der Waals surface area contributed by atoms with Crippen molar-refractivity contribution < 1.29 is 14.0 Å². The van der Waals surface area contributed by atoms with Gasteiger partial charge in [0, 0.05) is 23.6 Å². The Morgan fingerprint density at radius 1 is 1.21 bits per heavy atom. The number of ether oxygens (including phenoxy) is 1. The number of hydrogen-bond donors (Lipinski definition) is 0. The number of nitrogens with zero attached hydrogens (tertiary/aromatic N) is 3. The topological polar surface area (TPSA) is 48.6 Å². The molecule has 0 N–H and O–H groups in total. The minimum atomic E-state index is -0.340. The average molecular weight is 379 g/mol. The Labute approximate surface area is 163 Å². The van der Waals surface area contributed by atoms with E-state index >= 15 is 0 Å². The van der Waals surface area contributed by atoms with E-state index in [-0.39, 0.29) is 11.9 Å². The van der Waals surface area contributed by atoms with Gasteiger partial charge in [0.15, 0.2) is 6.10 Å². The highest BCUT2D eigenvalue weighted by Crippen LogP contribution is 2.37. The highest BCUT2D eigenvalue weighted by Gasteiger charge is 2.24. The molecule has 5 nitrogen and oxygen atoms in total. The summed E-state index contributed by atoms with van der Waals surface area (Å²) < 4.78 is 21.3. The second-order valence-corrected chi connectivity index (χ2v) is 6.75. The van der Waals surface area contributed by atoms with Gasteiger partial charge in [0.2, 0.25) is 0 Å². The van der Waals surface area contributed by atoms with Gasteiger partial charge >= 0.3 is 0 Å². The lowest BCUT2D eigenvalue weighted by molar-refractivity contribution is 0.0728. The van der Waals surface area contributed by atoms with Crippen LogP contribution in [0.5, 0.6) is 5.75 Å². The number of aromatic nitrogens is 2. The second kappa shape index (κ2) is 7.84. The fourth-order valence-electron chi connectivity index (χ4n) is 3.48. The standard InChI is InChI=1S/C22H22FN3O2/c1-3-17-12-18(28-25-17)13-26-14-24-21(15-7-5-4-6-8-15)22(26)19-10-9-16(23)11-20(19)27-2/h4-11,14,18H,3,12-13H2,1-2H3/t18-/m0/s1. The van der Waals surface area contributed by atoms with Crippen molar-refractivity contribution in [2.24, 2.45) is 5.16 Å². The molecule has 2 aromatic carbocycles. The third-order valence-electron chi connectivity index (χ3n) is 4.91. The molecule has 1 aromatic heterocycles. The lowest BCUT2D eigenvalue weighted by Gasteiger charge is -2.16. The highest BCUT2D eigenvalue weighted by atomic mass is 19.1. The van der Waals surface area contributed by atoms with E-state index in [9.17, 15) is 4.39 Å². The molecule has 0 saturated carbocycles. The zero-order chi connectivity index (χ0) is 19.5. The molecule has 0 unspecified atom stereocenters. The molecule has 0 fully saturated rings. The molecular weight excluding hydrogens is 357 g/mol. The number of benzene rings is 2. The Morgan fingerprint density at radius 3 is 2.75 bits per heavy atom. The lowest BCUT2D eigenvalue weighted by Crippen LogP contribution is -2.17. The van der Waals surface area contributed by atoms with Crippen LogP contribution in [-0.4, -0.2) is 28.5 Å². The first-order chi connectivity index (χ1) is 13.7. The maximum atomic E-state index is 13.8. The Kier molecular flexibility index (Phi) is 5.10. The molecule has 28 heavy (non-hydrogen) atoms. The van der Waals surface area contributed by atoms with Crippen molar-refractivity contribution in [2.75, 3.05) is 7.11 Å². The zero-order valence-electron chi connectivity index (χ0n) is 15.9. The van der Waals surface area contributed by atoms with E-state index in [1.54, 1.807) is 19.5 Å². The molecule has 2 heterocycles. The number of oxime groups is 1. The summed E-state index contributed by atoms with van der Waals surface area (Å²) in [6.07, 6.45) is 3.44. The van der Waals surface area contributed by atoms with Gasteiger partial charge in [-0.3, -0.25) is 0 Å². The molecular formula is C22H22FN3O2. The number of rotatable bonds is 6. The summed E-state index contributed by atoms with van der Waals surface area (Å²) in [4.78, 5) is 10.3. The van der Waals surface area contributed by atoms with Crippen LogP contribution in [0.4, 0.5) is 4.39 Å². The number of halogens is 1. The average Bonchev–Trinajstić information content (AvgIpc) is 3.36. The van der Waals surface area contributed by atoms with Gasteiger partial charge in [-0.05, 0) is 18.6 Å². The lowest BCUT2D eigenvalue weighted by atomic mass is 10.0.